The summed E-state index contributed by atoms with van der Waals surface area (Å²) in [6.45, 7) is 0. The second kappa shape index (κ2) is 6.26. The Bertz CT molecular complexity index is 529. The normalized spacial score (nSPS) is 22.7. The van der Waals surface area contributed by atoms with E-state index in [2.05, 4.69) is 5.16 Å². The minimum Gasteiger partial charge on any atom is -0.623 e. The molecular formula is C13H14Cl2N2O2. The molecule has 0 unspecified atom stereocenters. The van der Waals surface area contributed by atoms with Crippen LogP contribution in [0, 0.1) is 5.21 Å². The minimum absolute atomic E-state index is 0.412. The standard InChI is InChI=1S/C13H14Cl2N2O2/c14-10-6-5-9(11(15)7-10)8-17(19)13-4-2-1-3-12(13)16-18/h5-8,13,18H,1-4H2/b16-12-,17-8-/t13-/m1/s1. The van der Waals surface area contributed by atoms with Crippen LogP contribution in [-0.4, -0.2) is 27.9 Å². The van der Waals surface area contributed by atoms with Crippen molar-refractivity contribution in [3.8, 4) is 0 Å². The highest BCUT2D eigenvalue weighted by atomic mass is 35.5. The maximum atomic E-state index is 12.2. The first kappa shape index (κ1) is 14.2. The average molecular weight is 301 g/mol. The number of rotatable bonds is 2. The second-order valence-corrected chi connectivity index (χ2v) is 5.35. The fraction of sp³-hybridized carbons (Fsp3) is 0.385. The van der Waals surface area contributed by atoms with Crippen LogP contribution in [0.25, 0.3) is 0 Å². The molecule has 0 heterocycles. The van der Waals surface area contributed by atoms with Gasteiger partial charge in [-0.15, -0.1) is 0 Å². The maximum absolute atomic E-state index is 12.2. The molecule has 0 bridgehead atoms. The number of nitrogens with zero attached hydrogens (tertiary/aromatic N) is 2. The number of hydrogen-bond donors (Lipinski definition) is 1. The van der Waals surface area contributed by atoms with Gasteiger partial charge in [-0.3, -0.25) is 0 Å². The highest BCUT2D eigenvalue weighted by molar-refractivity contribution is 6.36. The molecule has 1 fully saturated rings. The van der Waals surface area contributed by atoms with Gasteiger partial charge in [0.2, 0.25) is 6.04 Å². The van der Waals surface area contributed by atoms with Crippen molar-refractivity contribution >= 4 is 35.1 Å². The number of hydroxylamine groups is 1. The molecule has 0 aliphatic heterocycles. The smallest absolute Gasteiger partial charge is 0.204 e. The molecule has 1 aliphatic rings. The molecule has 0 spiro atoms. The van der Waals surface area contributed by atoms with E-state index >= 15 is 0 Å². The zero-order valence-electron chi connectivity index (χ0n) is 10.2. The third-order valence-electron chi connectivity index (χ3n) is 3.21. The van der Waals surface area contributed by atoms with Gasteiger partial charge >= 0.3 is 0 Å². The lowest BCUT2D eigenvalue weighted by Gasteiger charge is -2.21. The van der Waals surface area contributed by atoms with Gasteiger partial charge in [0.15, 0.2) is 6.21 Å². The largest absolute Gasteiger partial charge is 0.623 e. The zero-order valence-corrected chi connectivity index (χ0v) is 11.7. The van der Waals surface area contributed by atoms with E-state index in [0.29, 0.717) is 34.2 Å². The molecule has 1 aromatic carbocycles. The highest BCUT2D eigenvalue weighted by Gasteiger charge is 2.27. The molecule has 102 valence electrons. The van der Waals surface area contributed by atoms with Crippen LogP contribution in [-0.2, 0) is 0 Å². The van der Waals surface area contributed by atoms with Gasteiger partial charge in [-0.1, -0.05) is 28.4 Å². The summed E-state index contributed by atoms with van der Waals surface area (Å²) in [6, 6.07) is 4.54. The van der Waals surface area contributed by atoms with Crippen molar-refractivity contribution in [2.45, 2.75) is 31.7 Å². The van der Waals surface area contributed by atoms with Gasteiger partial charge in [0.25, 0.3) is 0 Å². The number of oxime groups is 1. The maximum Gasteiger partial charge on any atom is 0.204 e. The Morgan fingerprint density at radius 3 is 2.84 bits per heavy atom. The fourth-order valence-corrected chi connectivity index (χ4v) is 2.66. The molecule has 1 atom stereocenters. The number of hydrogen-bond acceptors (Lipinski definition) is 3. The Hall–Kier alpha value is -1.26. The zero-order chi connectivity index (χ0) is 13.8. The lowest BCUT2D eigenvalue weighted by Crippen LogP contribution is -2.34. The van der Waals surface area contributed by atoms with Crippen LogP contribution >= 0.6 is 23.2 Å². The molecule has 1 saturated carbocycles. The Kier molecular flexibility index (Phi) is 4.66. The van der Waals surface area contributed by atoms with Crippen molar-refractivity contribution in [3.63, 3.8) is 0 Å². The summed E-state index contributed by atoms with van der Waals surface area (Å²) < 4.78 is 0.809. The summed E-state index contributed by atoms with van der Waals surface area (Å²) in [4.78, 5) is 0. The molecule has 6 heteroatoms. The Morgan fingerprint density at radius 1 is 1.37 bits per heavy atom. The predicted molar refractivity (Wildman–Crippen MR) is 76.7 cm³/mol. The van der Waals surface area contributed by atoms with Crippen LogP contribution in [0.3, 0.4) is 0 Å². The third kappa shape index (κ3) is 3.39. The topological polar surface area (TPSA) is 58.7 Å². The van der Waals surface area contributed by atoms with E-state index in [-0.39, 0.29) is 0 Å². The van der Waals surface area contributed by atoms with Gasteiger partial charge in [0.1, 0.15) is 5.71 Å². The van der Waals surface area contributed by atoms with E-state index in [1.807, 2.05) is 0 Å². The van der Waals surface area contributed by atoms with E-state index in [1.165, 1.54) is 6.21 Å². The van der Waals surface area contributed by atoms with Crippen molar-refractivity contribution in [2.24, 2.45) is 5.16 Å². The van der Waals surface area contributed by atoms with Crippen molar-refractivity contribution < 1.29 is 9.95 Å². The summed E-state index contributed by atoms with van der Waals surface area (Å²) in [5.41, 5.74) is 1.13. The Balaban J connectivity index is 2.26. The summed E-state index contributed by atoms with van der Waals surface area (Å²) in [7, 11) is 0. The Morgan fingerprint density at radius 2 is 2.16 bits per heavy atom. The first-order chi connectivity index (χ1) is 9.11. The van der Waals surface area contributed by atoms with E-state index in [4.69, 9.17) is 28.4 Å². The van der Waals surface area contributed by atoms with Crippen molar-refractivity contribution in [1.29, 1.82) is 0 Å². The molecule has 0 amide bonds. The Labute approximate surface area is 121 Å². The molecule has 4 nitrogen and oxygen atoms in total. The van der Waals surface area contributed by atoms with Crippen LogP contribution in [0.15, 0.2) is 23.4 Å². The second-order valence-electron chi connectivity index (χ2n) is 4.51. The summed E-state index contributed by atoms with van der Waals surface area (Å²) >= 11 is 11.8. The summed E-state index contributed by atoms with van der Waals surface area (Å²) in [5, 5.41) is 25.3. The SMILES string of the molecule is [O-]/[N+](=C\c1ccc(Cl)cc1Cl)[C@@H]1CCCC/C1=N/O. The van der Waals surface area contributed by atoms with Crippen molar-refractivity contribution in [2.75, 3.05) is 0 Å². The molecule has 0 saturated heterocycles. The van der Waals surface area contributed by atoms with Crippen molar-refractivity contribution in [1.82, 2.24) is 0 Å². The molecule has 1 N–H and O–H groups in total. The van der Waals surface area contributed by atoms with E-state index in [9.17, 15) is 5.21 Å². The number of halogens is 2. The van der Waals surface area contributed by atoms with Crippen LogP contribution in [0.1, 0.15) is 31.2 Å². The first-order valence-electron chi connectivity index (χ1n) is 6.08. The van der Waals surface area contributed by atoms with Crippen LogP contribution in [0.5, 0.6) is 0 Å². The average Bonchev–Trinajstić information content (AvgIpc) is 2.41. The lowest BCUT2D eigenvalue weighted by atomic mass is 9.93. The van der Waals surface area contributed by atoms with E-state index < -0.39 is 6.04 Å². The summed E-state index contributed by atoms with van der Waals surface area (Å²) in [6.07, 6.45) is 4.66. The van der Waals surface area contributed by atoms with E-state index in [0.717, 1.165) is 17.6 Å². The first-order valence-corrected chi connectivity index (χ1v) is 6.83. The molecule has 0 aromatic heterocycles. The molecule has 1 aliphatic carbocycles. The van der Waals surface area contributed by atoms with Crippen molar-refractivity contribution in [3.05, 3.63) is 39.0 Å². The van der Waals surface area contributed by atoms with Crippen LogP contribution < -0.4 is 0 Å². The molecule has 1 aromatic rings. The minimum atomic E-state index is -0.412. The van der Waals surface area contributed by atoms with Gasteiger partial charge in [-0.2, -0.15) is 0 Å². The molecule has 19 heavy (non-hydrogen) atoms. The van der Waals surface area contributed by atoms with Gasteiger partial charge in [0, 0.05) is 11.4 Å². The van der Waals surface area contributed by atoms with Gasteiger partial charge < -0.3 is 10.4 Å². The fourth-order valence-electron chi connectivity index (χ4n) is 2.20. The molecule has 0 radical (unpaired) electrons. The number of benzene rings is 1. The van der Waals surface area contributed by atoms with Gasteiger partial charge in [-0.05, 0) is 37.5 Å². The lowest BCUT2D eigenvalue weighted by molar-refractivity contribution is -0.478. The third-order valence-corrected chi connectivity index (χ3v) is 3.77. The van der Waals surface area contributed by atoms with E-state index in [1.54, 1.807) is 18.2 Å². The predicted octanol–water partition coefficient (Wildman–Crippen LogP) is 3.70. The summed E-state index contributed by atoms with van der Waals surface area (Å²) in [5.74, 6) is 0. The van der Waals surface area contributed by atoms with Gasteiger partial charge in [-0.25, -0.2) is 4.74 Å². The highest BCUT2D eigenvalue weighted by Crippen LogP contribution is 2.21. The van der Waals surface area contributed by atoms with Crippen LogP contribution in [0.2, 0.25) is 10.0 Å². The van der Waals surface area contributed by atoms with Crippen LogP contribution in [0.4, 0.5) is 0 Å². The van der Waals surface area contributed by atoms with Gasteiger partial charge in [0.05, 0.1) is 10.6 Å². The monoisotopic (exact) mass is 300 g/mol. The molecular weight excluding hydrogens is 287 g/mol. The quantitative estimate of drug-likeness (QED) is 0.298. The molecule has 2 rings (SSSR count).